The SMILES string of the molecule is NC(CC1=CCc2ccc(O)cc21)C(=O)O. The number of phenolic OH excluding ortho intramolecular Hbond substituents is 1. The lowest BCUT2D eigenvalue weighted by molar-refractivity contribution is -0.138. The van der Waals surface area contributed by atoms with E-state index in [2.05, 4.69) is 0 Å². The number of aromatic hydroxyl groups is 1. The number of phenols is 1. The van der Waals surface area contributed by atoms with E-state index in [4.69, 9.17) is 10.8 Å². The number of fused-ring (bicyclic) bond motifs is 1. The number of carboxylic acid groups (broad SMARTS) is 1. The highest BCUT2D eigenvalue weighted by atomic mass is 16.4. The molecule has 4 heteroatoms. The van der Waals surface area contributed by atoms with E-state index in [1.165, 1.54) is 0 Å². The van der Waals surface area contributed by atoms with E-state index in [1.54, 1.807) is 12.1 Å². The fourth-order valence-electron chi connectivity index (χ4n) is 1.90. The first kappa shape index (κ1) is 10.7. The van der Waals surface area contributed by atoms with Gasteiger partial charge in [-0.15, -0.1) is 0 Å². The Morgan fingerprint density at radius 2 is 2.25 bits per heavy atom. The predicted molar refractivity (Wildman–Crippen MR) is 60.0 cm³/mol. The van der Waals surface area contributed by atoms with E-state index in [1.807, 2.05) is 12.1 Å². The second kappa shape index (κ2) is 3.98. The third kappa shape index (κ3) is 1.92. The van der Waals surface area contributed by atoms with Crippen LogP contribution in [0.25, 0.3) is 5.57 Å². The Hall–Kier alpha value is -1.81. The molecule has 0 fully saturated rings. The van der Waals surface area contributed by atoms with Crippen LogP contribution in [0.15, 0.2) is 24.3 Å². The van der Waals surface area contributed by atoms with Gasteiger partial charge in [0.15, 0.2) is 0 Å². The number of hydrogen-bond acceptors (Lipinski definition) is 3. The number of carboxylic acids is 1. The molecule has 0 radical (unpaired) electrons. The molecule has 16 heavy (non-hydrogen) atoms. The smallest absolute Gasteiger partial charge is 0.320 e. The van der Waals surface area contributed by atoms with Gasteiger partial charge in [-0.05, 0) is 41.7 Å². The van der Waals surface area contributed by atoms with Gasteiger partial charge in [-0.2, -0.15) is 0 Å². The lowest BCUT2D eigenvalue weighted by Crippen LogP contribution is -2.30. The van der Waals surface area contributed by atoms with Crippen LogP contribution in [0, 0.1) is 0 Å². The topological polar surface area (TPSA) is 83.5 Å². The molecule has 0 aliphatic heterocycles. The Labute approximate surface area is 93.0 Å². The van der Waals surface area contributed by atoms with Crippen LogP contribution in [0.1, 0.15) is 17.5 Å². The maximum absolute atomic E-state index is 10.7. The first-order chi connectivity index (χ1) is 7.58. The van der Waals surface area contributed by atoms with Crippen molar-refractivity contribution in [2.75, 3.05) is 0 Å². The quantitative estimate of drug-likeness (QED) is 0.711. The molecule has 2 rings (SSSR count). The summed E-state index contributed by atoms with van der Waals surface area (Å²) in [5.74, 6) is -0.815. The molecule has 0 saturated heterocycles. The lowest BCUT2D eigenvalue weighted by Gasteiger charge is -2.09. The van der Waals surface area contributed by atoms with Crippen molar-refractivity contribution in [3.63, 3.8) is 0 Å². The molecule has 0 spiro atoms. The first-order valence-corrected chi connectivity index (χ1v) is 5.07. The van der Waals surface area contributed by atoms with Crippen molar-refractivity contribution in [3.8, 4) is 5.75 Å². The van der Waals surface area contributed by atoms with Gasteiger partial charge < -0.3 is 15.9 Å². The molecule has 4 nitrogen and oxygen atoms in total. The second-order valence-electron chi connectivity index (χ2n) is 3.92. The number of carbonyl (C=O) groups is 1. The summed E-state index contributed by atoms with van der Waals surface area (Å²) in [5.41, 5.74) is 8.41. The predicted octanol–water partition coefficient (Wildman–Crippen LogP) is 1.13. The third-order valence-corrected chi connectivity index (χ3v) is 2.76. The summed E-state index contributed by atoms with van der Waals surface area (Å²) in [6, 6.07) is 4.25. The van der Waals surface area contributed by atoms with Crippen LogP contribution < -0.4 is 5.73 Å². The molecule has 0 heterocycles. The highest BCUT2D eigenvalue weighted by Crippen LogP contribution is 2.32. The van der Waals surface area contributed by atoms with E-state index in [0.29, 0.717) is 6.42 Å². The van der Waals surface area contributed by atoms with Gasteiger partial charge in [-0.25, -0.2) is 0 Å². The van der Waals surface area contributed by atoms with Crippen LogP contribution in [0.2, 0.25) is 0 Å². The van der Waals surface area contributed by atoms with Gasteiger partial charge in [0.05, 0.1) is 0 Å². The number of rotatable bonds is 3. The van der Waals surface area contributed by atoms with Crippen molar-refractivity contribution in [3.05, 3.63) is 35.4 Å². The van der Waals surface area contributed by atoms with Crippen LogP contribution in [-0.2, 0) is 11.2 Å². The Kier molecular flexibility index (Phi) is 2.66. The third-order valence-electron chi connectivity index (χ3n) is 2.76. The molecule has 0 saturated carbocycles. The van der Waals surface area contributed by atoms with Gasteiger partial charge in [0.2, 0.25) is 0 Å². The molecule has 0 bridgehead atoms. The van der Waals surface area contributed by atoms with Crippen molar-refractivity contribution in [1.82, 2.24) is 0 Å². The fourth-order valence-corrected chi connectivity index (χ4v) is 1.90. The fraction of sp³-hybridized carbons (Fsp3) is 0.250. The summed E-state index contributed by atoms with van der Waals surface area (Å²) in [6.45, 7) is 0. The van der Waals surface area contributed by atoms with Gasteiger partial charge >= 0.3 is 5.97 Å². The van der Waals surface area contributed by atoms with Crippen LogP contribution >= 0.6 is 0 Å². The van der Waals surface area contributed by atoms with E-state index < -0.39 is 12.0 Å². The zero-order valence-electron chi connectivity index (χ0n) is 8.68. The summed E-state index contributed by atoms with van der Waals surface area (Å²) in [7, 11) is 0. The maximum Gasteiger partial charge on any atom is 0.320 e. The van der Waals surface area contributed by atoms with Crippen molar-refractivity contribution in [1.29, 1.82) is 0 Å². The molecule has 1 aliphatic carbocycles. The van der Waals surface area contributed by atoms with E-state index >= 15 is 0 Å². The van der Waals surface area contributed by atoms with Crippen LogP contribution in [0.3, 0.4) is 0 Å². The molecule has 1 aromatic rings. The van der Waals surface area contributed by atoms with Gasteiger partial charge in [0, 0.05) is 0 Å². The Balaban J connectivity index is 2.22. The van der Waals surface area contributed by atoms with Gasteiger partial charge in [-0.1, -0.05) is 12.1 Å². The number of aliphatic carboxylic acids is 1. The van der Waals surface area contributed by atoms with Gasteiger partial charge in [0.1, 0.15) is 11.8 Å². The molecule has 0 aromatic heterocycles. The summed E-state index contributed by atoms with van der Waals surface area (Å²) in [4.78, 5) is 10.7. The van der Waals surface area contributed by atoms with E-state index in [9.17, 15) is 9.90 Å². The number of allylic oxidation sites excluding steroid dienone is 1. The normalized spacial score (nSPS) is 15.4. The minimum absolute atomic E-state index is 0.190. The monoisotopic (exact) mass is 219 g/mol. The summed E-state index contributed by atoms with van der Waals surface area (Å²) >= 11 is 0. The number of nitrogens with two attached hydrogens (primary N) is 1. The second-order valence-corrected chi connectivity index (χ2v) is 3.92. The number of hydrogen-bond donors (Lipinski definition) is 3. The van der Waals surface area contributed by atoms with Crippen LogP contribution in [0.5, 0.6) is 5.75 Å². The van der Waals surface area contributed by atoms with Crippen LogP contribution in [-0.4, -0.2) is 22.2 Å². The summed E-state index contributed by atoms with van der Waals surface area (Å²) < 4.78 is 0. The number of benzene rings is 1. The average Bonchev–Trinajstić information content (AvgIpc) is 2.61. The lowest BCUT2D eigenvalue weighted by atomic mass is 10.00. The minimum atomic E-state index is -1.01. The average molecular weight is 219 g/mol. The van der Waals surface area contributed by atoms with Crippen LogP contribution in [0.4, 0.5) is 0 Å². The molecule has 1 atom stereocenters. The van der Waals surface area contributed by atoms with Gasteiger partial charge in [0.25, 0.3) is 0 Å². The zero-order valence-corrected chi connectivity index (χ0v) is 8.68. The van der Waals surface area contributed by atoms with Crippen molar-refractivity contribution in [2.24, 2.45) is 5.73 Å². The first-order valence-electron chi connectivity index (χ1n) is 5.07. The van der Waals surface area contributed by atoms with E-state index in [0.717, 1.165) is 23.1 Å². The Morgan fingerprint density at radius 1 is 1.50 bits per heavy atom. The summed E-state index contributed by atoms with van der Waals surface area (Å²) in [5, 5.41) is 18.1. The zero-order chi connectivity index (χ0) is 11.7. The van der Waals surface area contributed by atoms with Crippen molar-refractivity contribution < 1.29 is 15.0 Å². The molecule has 1 unspecified atom stereocenters. The molecule has 84 valence electrons. The molecular weight excluding hydrogens is 206 g/mol. The molecule has 4 N–H and O–H groups in total. The maximum atomic E-state index is 10.7. The highest BCUT2D eigenvalue weighted by molar-refractivity contribution is 5.80. The molecule has 1 aromatic carbocycles. The van der Waals surface area contributed by atoms with E-state index in [-0.39, 0.29) is 5.75 Å². The Bertz CT molecular complexity index is 465. The molecular formula is C12H13NO3. The minimum Gasteiger partial charge on any atom is -0.508 e. The van der Waals surface area contributed by atoms with Crippen molar-refractivity contribution >= 4 is 11.5 Å². The highest BCUT2D eigenvalue weighted by Gasteiger charge is 2.20. The largest absolute Gasteiger partial charge is 0.508 e. The Morgan fingerprint density at radius 3 is 2.94 bits per heavy atom. The van der Waals surface area contributed by atoms with Crippen molar-refractivity contribution in [2.45, 2.75) is 18.9 Å². The standard InChI is InChI=1S/C12H13NO3/c13-11(12(15)16)5-8-2-1-7-3-4-9(14)6-10(7)8/h2-4,6,11,14H,1,5,13H2,(H,15,16). The molecule has 0 amide bonds. The summed E-state index contributed by atoms with van der Waals surface area (Å²) in [6.07, 6.45) is 3.04. The van der Waals surface area contributed by atoms with Gasteiger partial charge in [-0.3, -0.25) is 4.79 Å². The molecule has 1 aliphatic rings.